The van der Waals surface area contributed by atoms with Gasteiger partial charge in [0.05, 0.1) is 5.52 Å². The number of benzene rings is 3. The first-order valence-electron chi connectivity index (χ1n) is 10.2. The molecule has 4 nitrogen and oxygen atoms in total. The fourth-order valence-electron chi connectivity index (χ4n) is 3.70. The second kappa shape index (κ2) is 8.00. The fourth-order valence-corrected chi connectivity index (χ4v) is 3.70. The highest BCUT2D eigenvalue weighted by atomic mass is 16.5. The molecule has 0 atom stereocenters. The smallest absolute Gasteiger partial charge is 0.219 e. The van der Waals surface area contributed by atoms with Crippen LogP contribution in [0.25, 0.3) is 33.2 Å². The molecule has 0 bridgehead atoms. The molecule has 0 saturated heterocycles. The molecule has 0 aliphatic rings. The topological polar surface area (TPSA) is 47.9 Å². The van der Waals surface area contributed by atoms with Crippen LogP contribution >= 0.6 is 0 Å². The Hall–Kier alpha value is -4.05. The van der Waals surface area contributed by atoms with Crippen molar-refractivity contribution >= 4 is 10.9 Å². The second-order valence-corrected chi connectivity index (χ2v) is 7.65. The van der Waals surface area contributed by atoms with Crippen molar-refractivity contribution in [3.8, 4) is 33.9 Å². The largest absolute Gasteiger partial charge is 0.439 e. The molecule has 4 heteroatoms. The summed E-state index contributed by atoms with van der Waals surface area (Å²) in [4.78, 5) is 13.0. The summed E-state index contributed by atoms with van der Waals surface area (Å²) in [6.07, 6.45) is 5.22. The second-order valence-electron chi connectivity index (χ2n) is 7.65. The lowest BCUT2D eigenvalue weighted by molar-refractivity contribution is 0.462. The zero-order chi connectivity index (χ0) is 21.2. The van der Waals surface area contributed by atoms with Gasteiger partial charge < -0.3 is 4.74 Å². The van der Waals surface area contributed by atoms with Gasteiger partial charge in [-0.25, -0.2) is 15.0 Å². The highest BCUT2D eigenvalue weighted by Gasteiger charge is 2.10. The molecule has 0 radical (unpaired) electrons. The summed E-state index contributed by atoms with van der Waals surface area (Å²) in [5.41, 5.74) is 7.75. The molecule has 0 N–H and O–H groups in total. The number of hydrogen-bond acceptors (Lipinski definition) is 4. The summed E-state index contributed by atoms with van der Waals surface area (Å²) in [6.45, 7) is 4.12. The highest BCUT2D eigenvalue weighted by molar-refractivity contribution is 5.97. The molecule has 0 spiro atoms. The summed E-state index contributed by atoms with van der Waals surface area (Å²) in [5.74, 6) is 1.35. The minimum atomic E-state index is 0.595. The van der Waals surface area contributed by atoms with Gasteiger partial charge in [0.25, 0.3) is 0 Å². The lowest BCUT2D eigenvalue weighted by Gasteiger charge is -2.11. The average Bonchev–Trinajstić information content (AvgIpc) is 2.79. The summed E-state index contributed by atoms with van der Waals surface area (Å²) >= 11 is 0. The molecule has 2 aromatic heterocycles. The normalized spacial score (nSPS) is 10.9. The van der Waals surface area contributed by atoms with Crippen LogP contribution in [0.4, 0.5) is 0 Å². The number of aromatic nitrogens is 3. The summed E-state index contributed by atoms with van der Waals surface area (Å²) in [5, 5.41) is 1.01. The van der Waals surface area contributed by atoms with Crippen molar-refractivity contribution in [3.05, 3.63) is 103 Å². The molecule has 3 aromatic carbocycles. The van der Waals surface area contributed by atoms with Crippen molar-refractivity contribution in [1.82, 2.24) is 15.0 Å². The monoisotopic (exact) mass is 403 g/mol. The highest BCUT2D eigenvalue weighted by Crippen LogP contribution is 2.34. The summed E-state index contributed by atoms with van der Waals surface area (Å²) in [6, 6.07) is 24.8. The van der Waals surface area contributed by atoms with Crippen LogP contribution in [0.3, 0.4) is 0 Å². The van der Waals surface area contributed by atoms with Crippen molar-refractivity contribution < 1.29 is 4.74 Å². The lowest BCUT2D eigenvalue weighted by atomic mass is 9.95. The first-order chi connectivity index (χ1) is 15.2. The van der Waals surface area contributed by atoms with Crippen molar-refractivity contribution in [2.24, 2.45) is 0 Å². The molecule has 0 unspecified atom stereocenters. The fraction of sp³-hybridized carbons (Fsp3) is 0.0741. The summed E-state index contributed by atoms with van der Waals surface area (Å²) in [7, 11) is 0. The van der Waals surface area contributed by atoms with E-state index in [1.165, 1.54) is 5.56 Å². The van der Waals surface area contributed by atoms with Gasteiger partial charge >= 0.3 is 0 Å². The molecular weight excluding hydrogens is 382 g/mol. The van der Waals surface area contributed by atoms with Crippen molar-refractivity contribution in [2.75, 3.05) is 0 Å². The van der Waals surface area contributed by atoms with Gasteiger partial charge in [0.1, 0.15) is 12.1 Å². The third kappa shape index (κ3) is 4.01. The molecule has 0 amide bonds. The van der Waals surface area contributed by atoms with Gasteiger partial charge in [0.15, 0.2) is 0 Å². The number of nitrogens with zero attached hydrogens (tertiary/aromatic N) is 3. The van der Waals surface area contributed by atoms with Gasteiger partial charge in [-0.2, -0.15) is 0 Å². The van der Waals surface area contributed by atoms with Crippen LogP contribution in [0.1, 0.15) is 11.1 Å². The van der Waals surface area contributed by atoms with Crippen LogP contribution in [-0.2, 0) is 0 Å². The number of rotatable bonds is 4. The van der Waals surface area contributed by atoms with Gasteiger partial charge in [-0.3, -0.25) is 0 Å². The van der Waals surface area contributed by atoms with E-state index in [9.17, 15) is 0 Å². The number of hydrogen-bond donors (Lipinski definition) is 0. The Morgan fingerprint density at radius 1 is 0.710 bits per heavy atom. The van der Waals surface area contributed by atoms with Crippen LogP contribution < -0.4 is 4.74 Å². The Kier molecular flexibility index (Phi) is 4.89. The van der Waals surface area contributed by atoms with Crippen LogP contribution in [0.15, 0.2) is 91.5 Å². The number of aryl methyl sites for hydroxylation is 2. The Morgan fingerprint density at radius 2 is 1.55 bits per heavy atom. The van der Waals surface area contributed by atoms with Crippen molar-refractivity contribution in [3.63, 3.8) is 0 Å². The van der Waals surface area contributed by atoms with Crippen LogP contribution in [0.2, 0.25) is 0 Å². The third-order valence-corrected chi connectivity index (χ3v) is 5.24. The quantitative estimate of drug-likeness (QED) is 0.332. The van der Waals surface area contributed by atoms with Gasteiger partial charge in [0, 0.05) is 29.4 Å². The molecule has 31 heavy (non-hydrogen) atoms. The molecule has 0 saturated carbocycles. The maximum atomic E-state index is 5.90. The molecule has 5 rings (SSSR count). The van der Waals surface area contributed by atoms with Gasteiger partial charge in [-0.1, -0.05) is 42.0 Å². The Balaban J connectivity index is 1.54. The SMILES string of the molecule is Cc1cccc(-c2cc(-c3ccc(Oc4cc(C)ccn4)cc3)cc3cncnc23)c1. The van der Waals surface area contributed by atoms with E-state index in [4.69, 9.17) is 4.74 Å². The maximum absolute atomic E-state index is 5.90. The average molecular weight is 403 g/mol. The molecule has 0 fully saturated rings. The van der Waals surface area contributed by atoms with Crippen LogP contribution in [0, 0.1) is 13.8 Å². The van der Waals surface area contributed by atoms with Crippen molar-refractivity contribution in [1.29, 1.82) is 0 Å². The standard InChI is InChI=1S/C27H21N3O/c1-18-4-3-5-21(12-18)25-15-22(14-23-16-28-17-30-27(23)25)20-6-8-24(9-7-20)31-26-13-19(2)10-11-29-26/h3-17H,1-2H3. The first-order valence-corrected chi connectivity index (χ1v) is 10.2. The van der Waals surface area contributed by atoms with E-state index >= 15 is 0 Å². The molecule has 0 aliphatic carbocycles. The Labute approximate surface area is 181 Å². The van der Waals surface area contributed by atoms with Crippen molar-refractivity contribution in [2.45, 2.75) is 13.8 Å². The van der Waals surface area contributed by atoms with Gasteiger partial charge in [-0.15, -0.1) is 0 Å². The molecular formula is C27H21N3O. The van der Waals surface area contributed by atoms with E-state index in [0.717, 1.165) is 44.5 Å². The summed E-state index contributed by atoms with van der Waals surface area (Å²) < 4.78 is 5.90. The minimum Gasteiger partial charge on any atom is -0.439 e. The molecule has 2 heterocycles. The van der Waals surface area contributed by atoms with E-state index in [0.29, 0.717) is 5.88 Å². The van der Waals surface area contributed by atoms with Gasteiger partial charge in [-0.05, 0) is 66.4 Å². The zero-order valence-electron chi connectivity index (χ0n) is 17.4. The number of pyridine rings is 1. The third-order valence-electron chi connectivity index (χ3n) is 5.24. The maximum Gasteiger partial charge on any atom is 0.219 e. The predicted octanol–water partition coefficient (Wildman–Crippen LogP) is 6.77. The van der Waals surface area contributed by atoms with E-state index in [2.05, 4.69) is 70.4 Å². The Bertz CT molecular complexity index is 1380. The number of ether oxygens (including phenoxy) is 1. The number of fused-ring (bicyclic) bond motifs is 1. The molecule has 150 valence electrons. The van der Waals surface area contributed by atoms with Crippen LogP contribution in [-0.4, -0.2) is 15.0 Å². The predicted molar refractivity (Wildman–Crippen MR) is 124 cm³/mol. The van der Waals surface area contributed by atoms with E-state index < -0.39 is 0 Å². The molecule has 0 aliphatic heterocycles. The Morgan fingerprint density at radius 3 is 2.35 bits per heavy atom. The van der Waals surface area contributed by atoms with E-state index in [1.54, 1.807) is 12.5 Å². The van der Waals surface area contributed by atoms with Crippen LogP contribution in [0.5, 0.6) is 11.6 Å². The lowest BCUT2D eigenvalue weighted by Crippen LogP contribution is -1.90. The zero-order valence-corrected chi connectivity index (χ0v) is 17.4. The van der Waals surface area contributed by atoms with E-state index in [1.807, 2.05) is 37.4 Å². The van der Waals surface area contributed by atoms with Gasteiger partial charge in [0.2, 0.25) is 5.88 Å². The first kappa shape index (κ1) is 18.9. The molecule has 5 aromatic rings. The van der Waals surface area contributed by atoms with E-state index in [-0.39, 0.29) is 0 Å². The minimum absolute atomic E-state index is 0.595.